The molecule has 0 saturated heterocycles. The Kier molecular flexibility index (Phi) is 4.10. The highest BCUT2D eigenvalue weighted by Gasteiger charge is 2.39. The quantitative estimate of drug-likeness (QED) is 0.560. The average Bonchev–Trinajstić information content (AvgIpc) is 3.06. The van der Waals surface area contributed by atoms with Gasteiger partial charge in [-0.3, -0.25) is 9.59 Å². The molecule has 0 heterocycles. The summed E-state index contributed by atoms with van der Waals surface area (Å²) in [5, 5.41) is 0. The van der Waals surface area contributed by atoms with Crippen molar-refractivity contribution in [3.63, 3.8) is 0 Å². The average molecular weight is 286 g/mol. The first-order valence-corrected chi connectivity index (χ1v) is 7.78. The lowest BCUT2D eigenvalue weighted by atomic mass is 9.71. The Bertz CT molecular complexity index is 565. The first-order valence-electron chi connectivity index (χ1n) is 7.78. The second kappa shape index (κ2) is 5.40. The molecule has 0 radical (unpaired) electrons. The summed E-state index contributed by atoms with van der Waals surface area (Å²) in [5.41, 5.74) is 4.47. The van der Waals surface area contributed by atoms with Gasteiger partial charge in [-0.15, -0.1) is 0 Å². The molecular formula is C19H26O2. The third kappa shape index (κ3) is 3.25. The number of carbonyl (C=O) groups is 2. The first kappa shape index (κ1) is 15.9. The van der Waals surface area contributed by atoms with E-state index in [0.717, 1.165) is 41.6 Å². The summed E-state index contributed by atoms with van der Waals surface area (Å²) in [4.78, 5) is 24.8. The minimum atomic E-state index is 0.0267. The van der Waals surface area contributed by atoms with E-state index in [1.807, 2.05) is 13.8 Å². The van der Waals surface area contributed by atoms with Crippen molar-refractivity contribution in [3.05, 3.63) is 34.4 Å². The van der Waals surface area contributed by atoms with Crippen molar-refractivity contribution in [3.8, 4) is 0 Å². The predicted molar refractivity (Wildman–Crippen MR) is 86.0 cm³/mol. The third-order valence-electron chi connectivity index (χ3n) is 4.39. The predicted octanol–water partition coefficient (Wildman–Crippen LogP) is 4.56. The fourth-order valence-corrected chi connectivity index (χ4v) is 3.64. The Labute approximate surface area is 128 Å². The van der Waals surface area contributed by atoms with Gasteiger partial charge in [0.05, 0.1) is 0 Å². The molecule has 2 rings (SSSR count). The normalized spacial score (nSPS) is 23.0. The van der Waals surface area contributed by atoms with Crippen molar-refractivity contribution < 1.29 is 9.59 Å². The van der Waals surface area contributed by atoms with Crippen LogP contribution in [0.15, 0.2) is 34.4 Å². The molecule has 114 valence electrons. The van der Waals surface area contributed by atoms with Crippen LogP contribution in [-0.2, 0) is 9.59 Å². The van der Waals surface area contributed by atoms with Crippen LogP contribution >= 0.6 is 0 Å². The summed E-state index contributed by atoms with van der Waals surface area (Å²) in [6.45, 7) is 13.7. The van der Waals surface area contributed by atoms with Crippen molar-refractivity contribution in [2.75, 3.05) is 0 Å². The van der Waals surface area contributed by atoms with Crippen molar-refractivity contribution in [2.45, 2.75) is 60.3 Å². The molecule has 0 atom stereocenters. The zero-order chi connectivity index (χ0) is 15.9. The van der Waals surface area contributed by atoms with E-state index >= 15 is 0 Å². The molecule has 0 spiro atoms. The Morgan fingerprint density at radius 3 is 2.14 bits per heavy atom. The summed E-state index contributed by atoms with van der Waals surface area (Å²) in [5.74, 6) is 0.601. The van der Waals surface area contributed by atoms with Crippen molar-refractivity contribution in [1.29, 1.82) is 0 Å². The second-order valence-corrected chi connectivity index (χ2v) is 7.50. The van der Waals surface area contributed by atoms with E-state index in [0.29, 0.717) is 17.9 Å². The van der Waals surface area contributed by atoms with Crippen LogP contribution in [0.2, 0.25) is 0 Å². The SMILES string of the molecule is C=C(C)/C(C(C)=O)=C(\C1=C(C)CC(C)(C)CC1=O)C1CC1. The van der Waals surface area contributed by atoms with Crippen LogP contribution < -0.4 is 0 Å². The molecule has 21 heavy (non-hydrogen) atoms. The van der Waals surface area contributed by atoms with E-state index in [4.69, 9.17) is 0 Å². The lowest BCUT2D eigenvalue weighted by Gasteiger charge is -2.32. The van der Waals surface area contributed by atoms with E-state index in [-0.39, 0.29) is 17.0 Å². The van der Waals surface area contributed by atoms with E-state index in [9.17, 15) is 9.59 Å². The molecule has 1 fully saturated rings. The molecule has 2 aliphatic carbocycles. The molecule has 0 aromatic rings. The van der Waals surface area contributed by atoms with Gasteiger partial charge in [0.1, 0.15) is 0 Å². The third-order valence-corrected chi connectivity index (χ3v) is 4.39. The van der Waals surface area contributed by atoms with Gasteiger partial charge in [-0.2, -0.15) is 0 Å². The van der Waals surface area contributed by atoms with Gasteiger partial charge in [0.2, 0.25) is 0 Å². The maximum Gasteiger partial charge on any atom is 0.163 e. The highest BCUT2D eigenvalue weighted by molar-refractivity contribution is 6.07. The fourth-order valence-electron chi connectivity index (χ4n) is 3.64. The van der Waals surface area contributed by atoms with Crippen LogP contribution in [0.3, 0.4) is 0 Å². The van der Waals surface area contributed by atoms with Crippen LogP contribution in [0.4, 0.5) is 0 Å². The monoisotopic (exact) mass is 286 g/mol. The maximum atomic E-state index is 12.7. The molecule has 0 aromatic carbocycles. The molecule has 0 amide bonds. The van der Waals surface area contributed by atoms with Gasteiger partial charge in [0.15, 0.2) is 11.6 Å². The summed E-state index contributed by atoms with van der Waals surface area (Å²) in [6.07, 6.45) is 3.64. The number of hydrogen-bond acceptors (Lipinski definition) is 2. The van der Waals surface area contributed by atoms with Crippen LogP contribution in [0.5, 0.6) is 0 Å². The standard InChI is InChI=1S/C19H26O2/c1-11(2)16(13(4)20)18(14-7-8-14)17-12(3)9-19(5,6)10-15(17)21/h14H,1,7-10H2,2-6H3/b18-16+. The fraction of sp³-hybridized carbons (Fsp3) is 0.579. The number of allylic oxidation sites excluding steroid dienone is 5. The van der Waals surface area contributed by atoms with Gasteiger partial charge >= 0.3 is 0 Å². The van der Waals surface area contributed by atoms with Crippen molar-refractivity contribution >= 4 is 11.6 Å². The molecule has 2 nitrogen and oxygen atoms in total. The van der Waals surface area contributed by atoms with Gasteiger partial charge in [-0.25, -0.2) is 0 Å². The lowest BCUT2D eigenvalue weighted by molar-refractivity contribution is -0.117. The highest BCUT2D eigenvalue weighted by Crippen LogP contribution is 2.48. The summed E-state index contributed by atoms with van der Waals surface area (Å²) < 4.78 is 0. The molecule has 0 unspecified atom stereocenters. The van der Waals surface area contributed by atoms with Gasteiger partial charge in [0.25, 0.3) is 0 Å². The van der Waals surface area contributed by atoms with Gasteiger partial charge in [0, 0.05) is 17.6 Å². The van der Waals surface area contributed by atoms with E-state index in [2.05, 4.69) is 20.4 Å². The van der Waals surface area contributed by atoms with Crippen molar-refractivity contribution in [1.82, 2.24) is 0 Å². The molecule has 2 heteroatoms. The zero-order valence-electron chi connectivity index (χ0n) is 13.9. The molecule has 2 aliphatic rings. The van der Waals surface area contributed by atoms with Crippen LogP contribution in [-0.4, -0.2) is 11.6 Å². The largest absolute Gasteiger partial charge is 0.294 e. The smallest absolute Gasteiger partial charge is 0.163 e. The lowest BCUT2D eigenvalue weighted by Crippen LogP contribution is -2.27. The number of ketones is 2. The number of rotatable bonds is 4. The molecule has 0 N–H and O–H groups in total. The number of Topliss-reactive ketones (excluding diaryl/α,β-unsaturated/α-hetero) is 2. The van der Waals surface area contributed by atoms with Gasteiger partial charge in [-0.1, -0.05) is 26.0 Å². The molecule has 1 saturated carbocycles. The number of hydrogen-bond donors (Lipinski definition) is 0. The molecule has 0 aliphatic heterocycles. The zero-order valence-corrected chi connectivity index (χ0v) is 13.9. The Morgan fingerprint density at radius 1 is 1.19 bits per heavy atom. The minimum Gasteiger partial charge on any atom is -0.294 e. The Balaban J connectivity index is 2.64. The van der Waals surface area contributed by atoms with Crippen LogP contribution in [0.1, 0.15) is 60.3 Å². The topological polar surface area (TPSA) is 34.1 Å². The van der Waals surface area contributed by atoms with Crippen molar-refractivity contribution in [2.24, 2.45) is 11.3 Å². The maximum absolute atomic E-state index is 12.7. The number of carbonyl (C=O) groups excluding carboxylic acids is 2. The Hall–Kier alpha value is -1.44. The first-order chi connectivity index (χ1) is 9.64. The minimum absolute atomic E-state index is 0.0267. The Morgan fingerprint density at radius 2 is 1.76 bits per heavy atom. The summed E-state index contributed by atoms with van der Waals surface area (Å²) >= 11 is 0. The second-order valence-electron chi connectivity index (χ2n) is 7.50. The summed E-state index contributed by atoms with van der Waals surface area (Å²) in [7, 11) is 0. The molecule has 0 aromatic heterocycles. The van der Waals surface area contributed by atoms with Crippen LogP contribution in [0, 0.1) is 11.3 Å². The molecular weight excluding hydrogens is 260 g/mol. The van der Waals surface area contributed by atoms with Crippen LogP contribution in [0.25, 0.3) is 0 Å². The van der Waals surface area contributed by atoms with Gasteiger partial charge in [-0.05, 0) is 62.5 Å². The molecule has 0 bridgehead atoms. The van der Waals surface area contributed by atoms with Gasteiger partial charge < -0.3 is 0 Å². The highest BCUT2D eigenvalue weighted by atomic mass is 16.1. The van der Waals surface area contributed by atoms with E-state index in [1.165, 1.54) is 0 Å². The summed E-state index contributed by atoms with van der Waals surface area (Å²) in [6, 6.07) is 0. The van der Waals surface area contributed by atoms with E-state index in [1.54, 1.807) is 6.92 Å². The van der Waals surface area contributed by atoms with E-state index < -0.39 is 0 Å².